The van der Waals surface area contributed by atoms with Gasteiger partial charge in [-0.25, -0.2) is 0 Å². The summed E-state index contributed by atoms with van der Waals surface area (Å²) >= 11 is 28.4. The maximum atomic E-state index is 9.45. The summed E-state index contributed by atoms with van der Waals surface area (Å²) in [6.07, 6.45) is 8.97. The Bertz CT molecular complexity index is 8270. The standard InChI is InChI=1S/C34H37Br2N.2C34H35Br2N.C32H29Br2N/c3*1-22-20-28(37(26-13-9-24(35)10-14-26)27-15-11-25(36)12-16-27)17-18-29(22)23-8-19-30-31(21-23)33(4,5)34(6,7)32(30,2)3;1-21-18-27(35(25-9-5-23(33)6-10-25)26-11-7-24(34)8-12-26)13-14-28(21)22-4-15-29-30(19-22)32(3)17-16-31(29,2)20-32/h8-19,21,28H,20H2,1-7H3;2*8-21H,1-7H3;4-15,18-19H,16-17,20H2,1-3H3/i8D,19D,21D;2D3,3D3,4D3,5D3,6D3,7D3;;. The van der Waals surface area contributed by atoms with Crippen molar-refractivity contribution < 1.29 is 28.8 Å². The molecule has 1 fully saturated rings. The third-order valence-electron chi connectivity index (χ3n) is 34.1. The van der Waals surface area contributed by atoms with Crippen LogP contribution in [-0.2, 0) is 43.3 Å². The number of aryl methyl sites for hydroxylation is 3. The van der Waals surface area contributed by atoms with Gasteiger partial charge in [-0.15, -0.1) is 0 Å². The van der Waals surface area contributed by atoms with Crippen molar-refractivity contribution >= 4 is 196 Å². The van der Waals surface area contributed by atoms with Crippen LogP contribution in [-0.4, -0.2) is 6.04 Å². The summed E-state index contributed by atoms with van der Waals surface area (Å²) < 4.78 is 192. The maximum absolute atomic E-state index is 9.45. The van der Waals surface area contributed by atoms with Gasteiger partial charge in [-0.2, -0.15) is 0 Å². The van der Waals surface area contributed by atoms with Gasteiger partial charge in [-0.3, -0.25) is 0 Å². The van der Waals surface area contributed by atoms with Gasteiger partial charge in [0.1, 0.15) is 0 Å². The second-order valence-electron chi connectivity index (χ2n) is 44.1. The van der Waals surface area contributed by atoms with E-state index in [0.29, 0.717) is 39.3 Å². The Morgan fingerprint density at radius 1 is 0.260 bits per heavy atom. The lowest BCUT2D eigenvalue weighted by Gasteiger charge is -2.44. The third kappa shape index (κ3) is 19.3. The highest BCUT2D eigenvalue weighted by Crippen LogP contribution is 2.67. The van der Waals surface area contributed by atoms with Crippen molar-refractivity contribution in [3.63, 3.8) is 0 Å². The minimum atomic E-state index is -4.44. The Kier molecular flexibility index (Phi) is 22.7. The summed E-state index contributed by atoms with van der Waals surface area (Å²) in [4.78, 5) is 8.92. The zero-order chi connectivity index (χ0) is 122. The van der Waals surface area contributed by atoms with Gasteiger partial charge >= 0.3 is 0 Å². The average molecular weight is 2460 g/mol. The first-order valence-corrected chi connectivity index (χ1v) is 56.0. The van der Waals surface area contributed by atoms with Gasteiger partial charge in [-0.1, -0.05) is 374 Å². The van der Waals surface area contributed by atoms with E-state index in [0.717, 1.165) is 133 Å². The Balaban J connectivity index is 0.000000144. The molecule has 12 heteroatoms. The first-order valence-electron chi connectivity index (χ1n) is 60.1. The van der Waals surface area contributed by atoms with Crippen LogP contribution in [0.1, 0.15) is 266 Å². The van der Waals surface area contributed by atoms with Crippen LogP contribution in [0, 0.1) is 37.0 Å². The van der Waals surface area contributed by atoms with Gasteiger partial charge in [0.05, 0.1) is 10.2 Å². The van der Waals surface area contributed by atoms with Crippen molar-refractivity contribution in [1.82, 2.24) is 0 Å². The molecule has 6 aliphatic carbocycles. The zero-order valence-corrected chi connectivity index (χ0v) is 98.4. The van der Waals surface area contributed by atoms with Crippen molar-refractivity contribution in [1.29, 1.82) is 0 Å². The molecular formula is C134H136Br8N4. The quantitative estimate of drug-likeness (QED) is 0.0956. The summed E-state index contributed by atoms with van der Waals surface area (Å²) in [5.41, 5.74) is 16.3. The molecule has 0 N–H and O–H groups in total. The van der Waals surface area contributed by atoms with E-state index in [-0.39, 0.29) is 56.2 Å². The van der Waals surface area contributed by atoms with Crippen LogP contribution in [0.2, 0.25) is 0 Å². The van der Waals surface area contributed by atoms with E-state index >= 15 is 0 Å². The number of rotatable bonds is 16. The first-order chi connectivity index (χ1) is 77.5. The van der Waals surface area contributed by atoms with E-state index in [1.54, 1.807) is 36.2 Å². The Morgan fingerprint density at radius 3 is 0.870 bits per heavy atom. The van der Waals surface area contributed by atoms with Crippen molar-refractivity contribution in [2.45, 2.75) is 241 Å². The van der Waals surface area contributed by atoms with Gasteiger partial charge in [-0.05, 0) is 449 Å². The van der Waals surface area contributed by atoms with Crippen molar-refractivity contribution in [3.8, 4) is 33.4 Å². The van der Waals surface area contributed by atoms with Crippen molar-refractivity contribution in [3.05, 3.63) is 442 Å². The predicted molar refractivity (Wildman–Crippen MR) is 655 cm³/mol. The number of halogens is 8. The molecule has 0 spiro atoms. The number of benzene rings is 15. The van der Waals surface area contributed by atoms with Crippen LogP contribution in [0.4, 0.5) is 62.6 Å². The highest BCUT2D eigenvalue weighted by Gasteiger charge is 2.60. The maximum Gasteiger partial charge on any atom is 0.0632 e. The molecule has 21 rings (SSSR count). The van der Waals surface area contributed by atoms with Crippen LogP contribution in [0.25, 0.3) is 39.0 Å². The van der Waals surface area contributed by atoms with Gasteiger partial charge in [0.15, 0.2) is 0 Å². The van der Waals surface area contributed by atoms with Crippen molar-refractivity contribution in [2.75, 3.05) is 19.6 Å². The molecule has 4 nitrogen and oxygen atoms in total. The predicted octanol–water partition coefficient (Wildman–Crippen LogP) is 43.6. The summed E-state index contributed by atoms with van der Waals surface area (Å²) in [6.45, 7) is 15.8. The van der Waals surface area contributed by atoms with Crippen LogP contribution in [0.5, 0.6) is 0 Å². The molecule has 0 heterocycles. The van der Waals surface area contributed by atoms with Crippen LogP contribution < -0.4 is 19.6 Å². The molecule has 748 valence electrons. The second-order valence-corrected chi connectivity index (χ2v) is 51.4. The molecule has 3 unspecified atom stereocenters. The smallest absolute Gasteiger partial charge is 0.0632 e. The SMILES string of the molecule is Cc1cc(N(c2ccc(Br)cc2)c2ccc(Br)cc2)ccc1-c1ccc2c(c1)C(C)(C)C(C)(C)C2(C)C.Cc1cc(N(c2ccc(Br)cc2)c2ccc(Br)cc2)ccc1-c1ccc2c(c1)C1(C)CCC2(C)C1.[2H]C([2H])([2H])C1(C([2H])([2H])[2H])c2ccc(-c3ccc(N(c4ccc(Br)cc4)c4ccc(Br)cc4)cc3C)cc2C(C([2H])([2H])[2H])(C([2H])([2H])[2H])C1(C([2H])([2H])[2H])C([2H])([2H])[2H].[2H]c1c([2H])c2c(c([2H])c1C1=C(C)CC(N(c3ccc(Br)cc3)c3ccc(Br)cc3)C=C1)C(C)(C)C(C)(C)C2(C)C. The molecule has 0 aliphatic heterocycles. The number of nitrogens with zero attached hydrogens (tertiary/aromatic N) is 4. The Hall–Kier alpha value is -9.18. The van der Waals surface area contributed by atoms with Crippen molar-refractivity contribution in [2.24, 2.45) is 16.2 Å². The number of fused-ring (bicyclic) bond motifs is 8. The fourth-order valence-corrected chi connectivity index (χ4v) is 25.3. The average Bonchev–Trinajstić information content (AvgIpc) is 1.44. The molecule has 0 aromatic heterocycles. The fourth-order valence-electron chi connectivity index (χ4n) is 23.2. The topological polar surface area (TPSA) is 13.0 Å². The van der Waals surface area contributed by atoms with Crippen LogP contribution in [0.15, 0.2) is 375 Å². The van der Waals surface area contributed by atoms with Crippen LogP contribution in [0.3, 0.4) is 0 Å². The molecule has 2 bridgehead atoms. The van der Waals surface area contributed by atoms with E-state index in [4.69, 9.17) is 27.4 Å². The third-order valence-corrected chi connectivity index (χ3v) is 38.3. The normalized spacial score (nSPS) is 21.9. The molecular weight excluding hydrogens is 2300 g/mol. The zero-order valence-electron chi connectivity index (χ0n) is 107. The first kappa shape index (κ1) is 82.6. The molecule has 15 aromatic rings. The highest BCUT2D eigenvalue weighted by molar-refractivity contribution is 9.11. The van der Waals surface area contributed by atoms with Gasteiger partial charge in [0.25, 0.3) is 0 Å². The summed E-state index contributed by atoms with van der Waals surface area (Å²) in [5.74, 6) is 0. The lowest BCUT2D eigenvalue weighted by atomic mass is 9.59. The molecule has 1 saturated carbocycles. The van der Waals surface area contributed by atoms with E-state index in [1.807, 2.05) is 53.4 Å². The Labute approximate surface area is 967 Å². The summed E-state index contributed by atoms with van der Waals surface area (Å²) in [7, 11) is 0. The highest BCUT2D eigenvalue weighted by atomic mass is 79.9. The monoisotopic (exact) mass is 2450 g/mol. The van der Waals surface area contributed by atoms with Gasteiger partial charge in [0, 0.05) is 123 Å². The van der Waals surface area contributed by atoms with Crippen LogP contribution >= 0.6 is 127 Å². The summed E-state index contributed by atoms with van der Waals surface area (Å²) in [5, 5.41) is 0. The minimum Gasteiger partial charge on any atom is -0.334 e. The Morgan fingerprint density at radius 2 is 0.541 bits per heavy atom. The molecule has 0 saturated heterocycles. The molecule has 146 heavy (non-hydrogen) atoms. The van der Waals surface area contributed by atoms with E-state index in [1.165, 1.54) is 69.8 Å². The fraction of sp³-hybridized carbons (Fsp3) is 0.299. The van der Waals surface area contributed by atoms with E-state index in [2.05, 4.69) is 490 Å². The van der Waals surface area contributed by atoms with Gasteiger partial charge < -0.3 is 19.6 Å². The largest absolute Gasteiger partial charge is 0.334 e. The van der Waals surface area contributed by atoms with Gasteiger partial charge in [0.2, 0.25) is 0 Å². The lowest BCUT2D eigenvalue weighted by Crippen LogP contribution is -2.42. The minimum absolute atomic E-state index is 0.0636. The summed E-state index contributed by atoms with van der Waals surface area (Å²) in [6, 6.07) is 103. The molecule has 3 atom stereocenters. The second kappa shape index (κ2) is 40.2. The van der Waals surface area contributed by atoms with E-state index < -0.39 is 68.5 Å². The lowest BCUT2D eigenvalue weighted by molar-refractivity contribution is 0.125. The molecule has 0 amide bonds. The number of hydrogen-bond acceptors (Lipinski definition) is 4. The molecule has 0 radical (unpaired) electrons. The number of hydrogen-bond donors (Lipinski definition) is 0. The van der Waals surface area contributed by atoms with E-state index in [9.17, 15) is 1.37 Å². The number of anilines is 11. The molecule has 15 aromatic carbocycles. The molecule has 6 aliphatic rings. The number of allylic oxidation sites excluding steroid dienone is 2.